The fourth-order valence-corrected chi connectivity index (χ4v) is 3.72. The monoisotopic (exact) mass is 424 g/mol. The van der Waals surface area contributed by atoms with Gasteiger partial charge in [0, 0.05) is 5.92 Å². The van der Waals surface area contributed by atoms with E-state index < -0.39 is 9.21 Å². The van der Waals surface area contributed by atoms with Crippen molar-refractivity contribution in [1.82, 2.24) is 0 Å². The van der Waals surface area contributed by atoms with Gasteiger partial charge >= 0.3 is 5.97 Å². The fourth-order valence-electron chi connectivity index (χ4n) is 3.56. The molecule has 2 atom stereocenters. The first-order valence-corrected chi connectivity index (χ1v) is 10.1. The maximum Gasteiger partial charge on any atom is 0.317 e. The molecular weight excluding hydrogens is 403 g/mol. The predicted octanol–water partition coefficient (Wildman–Crippen LogP) is 6.32. The molecule has 2 nitrogen and oxygen atoms in total. The third kappa shape index (κ3) is 4.45. The lowest BCUT2D eigenvalue weighted by molar-refractivity contribution is -0.146. The Morgan fingerprint density at radius 1 is 1.04 bits per heavy atom. The topological polar surface area (TPSA) is 26.3 Å². The van der Waals surface area contributed by atoms with Crippen LogP contribution in [0.25, 0.3) is 0 Å². The smallest absolute Gasteiger partial charge is 0.317 e. The second-order valence-corrected chi connectivity index (χ2v) is 10.7. The Labute approximate surface area is 175 Å². The number of benzene rings is 2. The SMILES string of the molecule is CC(C)(C)c1ccc([C@@]2(C(=O)OCC(Cl)(Cl)Cl)C[C@H]2c2ccccc2)cc1. The Balaban J connectivity index is 1.93. The second-order valence-electron chi connectivity index (χ2n) is 8.16. The van der Waals surface area contributed by atoms with Crippen LogP contribution in [-0.2, 0) is 20.4 Å². The molecule has 0 radical (unpaired) electrons. The maximum absolute atomic E-state index is 13.0. The zero-order valence-corrected chi connectivity index (χ0v) is 17.9. The van der Waals surface area contributed by atoms with Crippen LogP contribution in [0.4, 0.5) is 0 Å². The molecule has 0 unspecified atom stereocenters. The molecule has 0 N–H and O–H groups in total. The van der Waals surface area contributed by atoms with Crippen LogP contribution < -0.4 is 0 Å². The van der Waals surface area contributed by atoms with E-state index in [0.717, 1.165) is 11.1 Å². The van der Waals surface area contributed by atoms with Crippen LogP contribution in [0.15, 0.2) is 54.6 Å². The number of halogens is 3. The van der Waals surface area contributed by atoms with Gasteiger partial charge in [-0.15, -0.1) is 0 Å². The number of carbonyl (C=O) groups is 1. The number of esters is 1. The number of hydrogen-bond donors (Lipinski definition) is 0. The zero-order chi connectivity index (χ0) is 19.9. The third-order valence-corrected chi connectivity index (χ3v) is 5.49. The van der Waals surface area contributed by atoms with Gasteiger partial charge in [0.1, 0.15) is 12.0 Å². The van der Waals surface area contributed by atoms with Crippen molar-refractivity contribution in [3.05, 3.63) is 71.3 Å². The minimum Gasteiger partial charge on any atom is -0.460 e. The molecule has 0 saturated heterocycles. The molecule has 0 bridgehead atoms. The second kappa shape index (κ2) is 7.31. The summed E-state index contributed by atoms with van der Waals surface area (Å²) in [5, 5.41) is 0. The molecule has 2 aromatic rings. The summed E-state index contributed by atoms with van der Waals surface area (Å²) in [5.74, 6) is -0.284. The molecule has 0 amide bonds. The van der Waals surface area contributed by atoms with Gasteiger partial charge in [-0.25, -0.2) is 0 Å². The standard InChI is InChI=1S/C22H23Cl3O2/c1-20(2,3)16-9-11-17(12-10-16)21(19(26)27-14-22(23,24)25)13-18(21)15-7-5-4-6-8-15/h4-12,18H,13-14H2,1-3H3/t18-,21-/m0/s1. The fraction of sp³-hybridized carbons (Fsp3) is 0.409. The summed E-state index contributed by atoms with van der Waals surface area (Å²) < 4.78 is 3.78. The molecule has 3 rings (SSSR count). The summed E-state index contributed by atoms with van der Waals surface area (Å²) in [5.41, 5.74) is 2.59. The van der Waals surface area contributed by atoms with Gasteiger partial charge < -0.3 is 4.74 Å². The van der Waals surface area contributed by atoms with Crippen molar-refractivity contribution in [3.63, 3.8) is 0 Å². The maximum atomic E-state index is 13.0. The van der Waals surface area contributed by atoms with Gasteiger partial charge in [0.05, 0.1) is 0 Å². The highest BCUT2D eigenvalue weighted by molar-refractivity contribution is 6.67. The van der Waals surface area contributed by atoms with E-state index in [1.165, 1.54) is 5.56 Å². The van der Waals surface area contributed by atoms with Crippen LogP contribution in [0, 0.1) is 0 Å². The lowest BCUT2D eigenvalue weighted by Gasteiger charge is -2.22. The molecule has 1 aliphatic rings. The van der Waals surface area contributed by atoms with Crippen LogP contribution in [0.1, 0.15) is 49.8 Å². The van der Waals surface area contributed by atoms with E-state index in [1.807, 2.05) is 42.5 Å². The average molecular weight is 426 g/mol. The molecule has 5 heteroatoms. The number of carbonyl (C=O) groups excluding carboxylic acids is 1. The average Bonchev–Trinajstić information content (AvgIpc) is 3.36. The molecule has 1 aliphatic carbocycles. The zero-order valence-electron chi connectivity index (χ0n) is 15.6. The molecule has 2 aromatic carbocycles. The highest BCUT2D eigenvalue weighted by atomic mass is 35.6. The van der Waals surface area contributed by atoms with Crippen LogP contribution in [0.3, 0.4) is 0 Å². The first-order chi connectivity index (χ1) is 12.5. The molecule has 0 aliphatic heterocycles. The van der Waals surface area contributed by atoms with Gasteiger partial charge in [0.15, 0.2) is 0 Å². The molecule has 0 heterocycles. The Hall–Kier alpha value is -1.22. The first kappa shape index (κ1) is 20.5. The van der Waals surface area contributed by atoms with Crippen molar-refractivity contribution < 1.29 is 9.53 Å². The summed E-state index contributed by atoms with van der Waals surface area (Å²) in [4.78, 5) is 13.0. The number of ether oxygens (including phenoxy) is 1. The van der Waals surface area contributed by atoms with E-state index in [-0.39, 0.29) is 23.9 Å². The minimum absolute atomic E-state index is 0.0457. The van der Waals surface area contributed by atoms with Gasteiger partial charge in [-0.3, -0.25) is 4.79 Å². The van der Waals surface area contributed by atoms with E-state index in [4.69, 9.17) is 39.5 Å². The van der Waals surface area contributed by atoms with Crippen molar-refractivity contribution >= 4 is 40.8 Å². The van der Waals surface area contributed by atoms with E-state index in [0.29, 0.717) is 6.42 Å². The van der Waals surface area contributed by atoms with Crippen LogP contribution in [0.5, 0.6) is 0 Å². The summed E-state index contributed by atoms with van der Waals surface area (Å²) >= 11 is 17.3. The molecule has 0 aromatic heterocycles. The Morgan fingerprint density at radius 3 is 2.15 bits per heavy atom. The highest BCUT2D eigenvalue weighted by Gasteiger charge is 2.63. The van der Waals surface area contributed by atoms with Gasteiger partial charge in [0.2, 0.25) is 3.79 Å². The number of alkyl halides is 3. The summed E-state index contributed by atoms with van der Waals surface area (Å²) in [6.45, 7) is 6.23. The molecule has 144 valence electrons. The van der Waals surface area contributed by atoms with Crippen molar-refractivity contribution in [3.8, 4) is 0 Å². The number of hydrogen-bond acceptors (Lipinski definition) is 2. The van der Waals surface area contributed by atoms with Crippen molar-refractivity contribution in [1.29, 1.82) is 0 Å². The largest absolute Gasteiger partial charge is 0.460 e. The first-order valence-electron chi connectivity index (χ1n) is 8.94. The van der Waals surface area contributed by atoms with Gasteiger partial charge in [-0.2, -0.15) is 0 Å². The highest BCUT2D eigenvalue weighted by Crippen LogP contribution is 2.61. The predicted molar refractivity (Wildman–Crippen MR) is 112 cm³/mol. The molecule has 0 spiro atoms. The Bertz CT molecular complexity index is 804. The third-order valence-electron chi connectivity index (χ3n) is 5.16. The van der Waals surface area contributed by atoms with E-state index in [9.17, 15) is 4.79 Å². The van der Waals surface area contributed by atoms with Crippen LogP contribution in [0.2, 0.25) is 0 Å². The van der Waals surface area contributed by atoms with Crippen LogP contribution in [-0.4, -0.2) is 16.4 Å². The van der Waals surface area contributed by atoms with E-state index >= 15 is 0 Å². The summed E-state index contributed by atoms with van der Waals surface area (Å²) in [7, 11) is 0. The lowest BCUT2D eigenvalue weighted by atomic mass is 9.84. The molecule has 1 fully saturated rings. The van der Waals surface area contributed by atoms with Crippen molar-refractivity contribution in [2.75, 3.05) is 6.61 Å². The van der Waals surface area contributed by atoms with Gasteiger partial charge in [-0.05, 0) is 28.5 Å². The van der Waals surface area contributed by atoms with Gasteiger partial charge in [-0.1, -0.05) is 110 Å². The quantitative estimate of drug-likeness (QED) is 0.423. The Kier molecular flexibility index (Phi) is 5.55. The van der Waals surface area contributed by atoms with Crippen molar-refractivity contribution in [2.24, 2.45) is 0 Å². The Morgan fingerprint density at radius 2 is 1.63 bits per heavy atom. The minimum atomic E-state index is -1.62. The van der Waals surface area contributed by atoms with Gasteiger partial charge in [0.25, 0.3) is 0 Å². The molecule has 1 saturated carbocycles. The summed E-state index contributed by atoms with van der Waals surface area (Å²) in [6.07, 6.45) is 0.685. The molecule has 27 heavy (non-hydrogen) atoms. The lowest BCUT2D eigenvalue weighted by Crippen LogP contribution is -2.29. The molecular formula is C22H23Cl3O2. The van der Waals surface area contributed by atoms with Crippen LogP contribution >= 0.6 is 34.8 Å². The normalized spacial score (nSPS) is 22.4. The van der Waals surface area contributed by atoms with Crippen molar-refractivity contribution in [2.45, 2.75) is 47.7 Å². The number of rotatable bonds is 4. The van der Waals surface area contributed by atoms with E-state index in [2.05, 4.69) is 32.9 Å². The summed E-state index contributed by atoms with van der Waals surface area (Å²) in [6, 6.07) is 18.2. The van der Waals surface area contributed by atoms with E-state index in [1.54, 1.807) is 0 Å².